The number of aromatic nitrogens is 1. The van der Waals surface area contributed by atoms with Crippen LogP contribution in [0.3, 0.4) is 0 Å². The molecule has 2 aromatic rings. The maximum absolute atomic E-state index is 12.8. The molecule has 1 aromatic carbocycles. The highest BCUT2D eigenvalue weighted by Crippen LogP contribution is 2.24. The third-order valence-corrected chi connectivity index (χ3v) is 4.89. The maximum Gasteiger partial charge on any atom is 0.251 e. The molecule has 1 amide bonds. The molecule has 122 valence electrons. The number of nitrogens with one attached hydrogen (secondary N) is 1. The highest BCUT2D eigenvalue weighted by Gasteiger charge is 2.14. The van der Waals surface area contributed by atoms with Crippen LogP contribution in [0.4, 0.5) is 9.52 Å². The molecule has 4 nitrogen and oxygen atoms in total. The SMILES string of the molecule is O=C(NCCc1csc(N2CCCCC2)n1)c1ccc(F)cc1. The average molecular weight is 333 g/mol. The van der Waals surface area contributed by atoms with Gasteiger partial charge in [0, 0.05) is 37.0 Å². The predicted molar refractivity (Wildman–Crippen MR) is 90.6 cm³/mol. The van der Waals surface area contributed by atoms with E-state index < -0.39 is 0 Å². The Hall–Kier alpha value is -1.95. The van der Waals surface area contributed by atoms with Crippen molar-refractivity contribution in [1.82, 2.24) is 10.3 Å². The Morgan fingerprint density at radius 2 is 1.96 bits per heavy atom. The summed E-state index contributed by atoms with van der Waals surface area (Å²) in [5, 5.41) is 6.00. The third-order valence-electron chi connectivity index (χ3n) is 3.94. The van der Waals surface area contributed by atoms with Crippen LogP contribution < -0.4 is 10.2 Å². The van der Waals surface area contributed by atoms with Crippen molar-refractivity contribution in [2.45, 2.75) is 25.7 Å². The molecular formula is C17H20FN3OS. The first-order chi connectivity index (χ1) is 11.2. The van der Waals surface area contributed by atoms with Crippen LogP contribution in [0.1, 0.15) is 35.3 Å². The van der Waals surface area contributed by atoms with Gasteiger partial charge in [0.2, 0.25) is 0 Å². The Morgan fingerprint density at radius 1 is 1.22 bits per heavy atom. The van der Waals surface area contributed by atoms with Crippen LogP contribution in [-0.4, -0.2) is 30.5 Å². The smallest absolute Gasteiger partial charge is 0.251 e. The number of piperidine rings is 1. The van der Waals surface area contributed by atoms with Crippen molar-refractivity contribution in [1.29, 1.82) is 0 Å². The van der Waals surface area contributed by atoms with Gasteiger partial charge in [0.15, 0.2) is 5.13 Å². The molecule has 1 fully saturated rings. The monoisotopic (exact) mass is 333 g/mol. The van der Waals surface area contributed by atoms with Crippen LogP contribution in [0.15, 0.2) is 29.6 Å². The van der Waals surface area contributed by atoms with Crippen LogP contribution >= 0.6 is 11.3 Å². The van der Waals surface area contributed by atoms with Crippen molar-refractivity contribution in [3.63, 3.8) is 0 Å². The zero-order chi connectivity index (χ0) is 16.1. The van der Waals surface area contributed by atoms with Crippen molar-refractivity contribution >= 4 is 22.4 Å². The van der Waals surface area contributed by atoms with E-state index in [2.05, 4.69) is 20.6 Å². The van der Waals surface area contributed by atoms with Crippen LogP contribution in [0.2, 0.25) is 0 Å². The minimum absolute atomic E-state index is 0.184. The number of hydrogen-bond acceptors (Lipinski definition) is 4. The largest absolute Gasteiger partial charge is 0.352 e. The lowest BCUT2D eigenvalue weighted by Crippen LogP contribution is -2.29. The van der Waals surface area contributed by atoms with Crippen molar-refractivity contribution in [2.24, 2.45) is 0 Å². The second kappa shape index (κ2) is 7.55. The predicted octanol–water partition coefficient (Wildman–Crippen LogP) is 3.25. The molecule has 1 aliphatic rings. The standard InChI is InChI=1S/C17H20FN3OS/c18-14-6-4-13(5-7-14)16(22)19-9-8-15-12-23-17(20-15)21-10-2-1-3-11-21/h4-7,12H,1-3,8-11H2,(H,19,22). The normalized spacial score (nSPS) is 14.7. The average Bonchev–Trinajstić information content (AvgIpc) is 3.05. The second-order valence-corrected chi connectivity index (χ2v) is 6.52. The van der Waals surface area contributed by atoms with E-state index in [-0.39, 0.29) is 11.7 Å². The van der Waals surface area contributed by atoms with Crippen molar-refractivity contribution in [3.05, 3.63) is 46.7 Å². The summed E-state index contributed by atoms with van der Waals surface area (Å²) in [5.41, 5.74) is 1.48. The molecule has 0 spiro atoms. The minimum atomic E-state index is -0.339. The van der Waals surface area contributed by atoms with Gasteiger partial charge in [-0.1, -0.05) is 0 Å². The van der Waals surface area contributed by atoms with Crippen molar-refractivity contribution in [2.75, 3.05) is 24.5 Å². The van der Waals surface area contributed by atoms with E-state index in [0.717, 1.165) is 23.9 Å². The number of nitrogens with zero attached hydrogens (tertiary/aromatic N) is 2. The Labute approximate surface area is 139 Å². The number of anilines is 1. The summed E-state index contributed by atoms with van der Waals surface area (Å²) in [6.07, 6.45) is 4.49. The number of rotatable bonds is 5. The van der Waals surface area contributed by atoms with E-state index >= 15 is 0 Å². The van der Waals surface area contributed by atoms with E-state index in [4.69, 9.17) is 0 Å². The van der Waals surface area contributed by atoms with Crippen LogP contribution in [0.25, 0.3) is 0 Å². The van der Waals surface area contributed by atoms with Gasteiger partial charge in [-0.25, -0.2) is 9.37 Å². The molecule has 2 heterocycles. The van der Waals surface area contributed by atoms with E-state index in [1.54, 1.807) is 11.3 Å². The first kappa shape index (κ1) is 15.9. The number of hydrogen-bond donors (Lipinski definition) is 1. The van der Waals surface area contributed by atoms with Crippen LogP contribution in [-0.2, 0) is 6.42 Å². The summed E-state index contributed by atoms with van der Waals surface area (Å²) in [6.45, 7) is 2.71. The van der Waals surface area contributed by atoms with Gasteiger partial charge in [-0.15, -0.1) is 11.3 Å². The molecule has 0 atom stereocenters. The maximum atomic E-state index is 12.8. The zero-order valence-corrected chi connectivity index (χ0v) is 13.7. The summed E-state index contributed by atoms with van der Waals surface area (Å²) >= 11 is 1.67. The lowest BCUT2D eigenvalue weighted by Gasteiger charge is -2.25. The highest BCUT2D eigenvalue weighted by atomic mass is 32.1. The number of carbonyl (C=O) groups is 1. The molecule has 0 saturated carbocycles. The Kier molecular flexibility index (Phi) is 5.23. The van der Waals surface area contributed by atoms with Gasteiger partial charge in [-0.05, 0) is 43.5 Å². The molecule has 1 aliphatic heterocycles. The van der Waals surface area contributed by atoms with Gasteiger partial charge >= 0.3 is 0 Å². The molecule has 0 unspecified atom stereocenters. The van der Waals surface area contributed by atoms with Gasteiger partial charge in [0.25, 0.3) is 5.91 Å². The fraction of sp³-hybridized carbons (Fsp3) is 0.412. The Balaban J connectivity index is 1.48. The minimum Gasteiger partial charge on any atom is -0.352 e. The first-order valence-corrected chi connectivity index (χ1v) is 8.83. The Morgan fingerprint density at radius 3 is 2.70 bits per heavy atom. The van der Waals surface area contributed by atoms with E-state index in [1.807, 2.05) is 0 Å². The summed E-state index contributed by atoms with van der Waals surface area (Å²) < 4.78 is 12.8. The van der Waals surface area contributed by atoms with Gasteiger partial charge in [-0.2, -0.15) is 0 Å². The molecule has 1 N–H and O–H groups in total. The lowest BCUT2D eigenvalue weighted by molar-refractivity contribution is 0.0954. The quantitative estimate of drug-likeness (QED) is 0.913. The first-order valence-electron chi connectivity index (χ1n) is 7.95. The van der Waals surface area contributed by atoms with E-state index in [0.29, 0.717) is 18.5 Å². The second-order valence-electron chi connectivity index (χ2n) is 5.68. The summed E-state index contributed by atoms with van der Waals surface area (Å²) in [4.78, 5) is 18.9. The number of halogens is 1. The molecule has 1 saturated heterocycles. The van der Waals surface area contributed by atoms with Crippen LogP contribution in [0, 0.1) is 5.82 Å². The van der Waals surface area contributed by atoms with E-state index in [1.165, 1.54) is 43.5 Å². The molecule has 6 heteroatoms. The van der Waals surface area contributed by atoms with Gasteiger partial charge < -0.3 is 10.2 Å². The van der Waals surface area contributed by atoms with E-state index in [9.17, 15) is 9.18 Å². The summed E-state index contributed by atoms with van der Waals surface area (Å²) in [6, 6.07) is 5.56. The Bertz CT molecular complexity index is 650. The number of amides is 1. The molecule has 0 aliphatic carbocycles. The molecule has 0 radical (unpaired) electrons. The highest BCUT2D eigenvalue weighted by molar-refractivity contribution is 7.13. The fourth-order valence-electron chi connectivity index (χ4n) is 2.65. The van der Waals surface area contributed by atoms with Gasteiger partial charge in [0.05, 0.1) is 5.69 Å². The molecule has 1 aromatic heterocycles. The van der Waals surface area contributed by atoms with Gasteiger partial charge in [-0.3, -0.25) is 4.79 Å². The molecule has 23 heavy (non-hydrogen) atoms. The van der Waals surface area contributed by atoms with Crippen molar-refractivity contribution in [3.8, 4) is 0 Å². The van der Waals surface area contributed by atoms with Crippen molar-refractivity contribution < 1.29 is 9.18 Å². The topological polar surface area (TPSA) is 45.2 Å². The number of carbonyl (C=O) groups excluding carboxylic acids is 1. The summed E-state index contributed by atoms with van der Waals surface area (Å²) in [7, 11) is 0. The zero-order valence-electron chi connectivity index (χ0n) is 12.9. The molecule has 0 bridgehead atoms. The number of benzene rings is 1. The number of thiazole rings is 1. The lowest BCUT2D eigenvalue weighted by atomic mass is 10.1. The molecular weight excluding hydrogens is 313 g/mol. The van der Waals surface area contributed by atoms with Gasteiger partial charge in [0.1, 0.15) is 5.82 Å². The third kappa shape index (κ3) is 4.28. The fourth-order valence-corrected chi connectivity index (χ4v) is 3.56. The molecule has 3 rings (SSSR count). The summed E-state index contributed by atoms with van der Waals surface area (Å²) in [5.74, 6) is -0.522. The van der Waals surface area contributed by atoms with Crippen LogP contribution in [0.5, 0.6) is 0 Å².